The Kier molecular flexibility index (Phi) is 3.49. The monoisotopic (exact) mass is 408 g/mol. The summed E-state index contributed by atoms with van der Waals surface area (Å²) < 4.78 is 0. The summed E-state index contributed by atoms with van der Waals surface area (Å²) in [5, 5.41) is 2.74. The fourth-order valence-electron chi connectivity index (χ4n) is 6.02. The number of hydrogen-bond acceptors (Lipinski definition) is 0. The van der Waals surface area contributed by atoms with Crippen molar-refractivity contribution < 1.29 is 0 Å². The first-order chi connectivity index (χ1) is 15.6. The fraction of sp³-hybridized carbons (Fsp3) is 0.125. The number of benzene rings is 5. The molecule has 5 aromatic rings. The van der Waals surface area contributed by atoms with Crippen LogP contribution in [0.1, 0.15) is 36.1 Å². The molecule has 0 aromatic heterocycles. The van der Waals surface area contributed by atoms with Gasteiger partial charge in [-0.25, -0.2) is 0 Å². The van der Waals surface area contributed by atoms with Gasteiger partial charge in [0.25, 0.3) is 0 Å². The van der Waals surface area contributed by atoms with Crippen LogP contribution in [0.15, 0.2) is 97.1 Å². The van der Waals surface area contributed by atoms with E-state index in [9.17, 15) is 0 Å². The molecule has 0 atom stereocenters. The van der Waals surface area contributed by atoms with Crippen LogP contribution in [-0.2, 0) is 11.8 Å². The van der Waals surface area contributed by atoms with E-state index in [1.54, 1.807) is 0 Å². The van der Waals surface area contributed by atoms with Crippen molar-refractivity contribution in [1.82, 2.24) is 0 Å². The zero-order valence-corrected chi connectivity index (χ0v) is 18.4. The van der Waals surface area contributed by atoms with Gasteiger partial charge in [-0.2, -0.15) is 0 Å². The first kappa shape index (κ1) is 18.0. The molecule has 0 radical (unpaired) electrons. The van der Waals surface area contributed by atoms with Gasteiger partial charge in [0.15, 0.2) is 0 Å². The molecule has 5 aromatic carbocycles. The minimum absolute atomic E-state index is 0.0392. The molecule has 7 rings (SSSR count). The minimum Gasteiger partial charge on any atom is -0.0622 e. The van der Waals surface area contributed by atoms with Gasteiger partial charge in [-0.05, 0) is 85.0 Å². The second-order valence-corrected chi connectivity index (χ2v) is 9.80. The standard InChI is InChI=1S/C32H24/c1-32(2)29-11-7-6-10-25(29)31-28-19-27-24(17-23(28)14-15-30(31)32)16-22-13-12-21(18-26(22)27)20-8-4-3-5-9-20/h3-15,17-19H,16H2,1-2H3. The SMILES string of the molecule is CC1(C)c2ccccc2-c2c1ccc1cc3c(cc21)-c1cc(-c2ccccc2)ccc1C3. The Morgan fingerprint density at radius 2 is 1.34 bits per heavy atom. The van der Waals surface area contributed by atoms with Crippen LogP contribution < -0.4 is 0 Å². The highest BCUT2D eigenvalue weighted by Gasteiger charge is 2.36. The molecule has 0 saturated heterocycles. The second kappa shape index (κ2) is 6.20. The van der Waals surface area contributed by atoms with E-state index in [4.69, 9.17) is 0 Å². The van der Waals surface area contributed by atoms with Crippen molar-refractivity contribution in [2.75, 3.05) is 0 Å². The van der Waals surface area contributed by atoms with Gasteiger partial charge in [0.2, 0.25) is 0 Å². The lowest BCUT2D eigenvalue weighted by molar-refractivity contribution is 0.661. The Bertz CT molecular complexity index is 1550. The van der Waals surface area contributed by atoms with E-state index in [2.05, 4.69) is 111 Å². The van der Waals surface area contributed by atoms with E-state index in [0.29, 0.717) is 0 Å². The van der Waals surface area contributed by atoms with Crippen molar-refractivity contribution in [3.8, 4) is 33.4 Å². The average Bonchev–Trinajstić information content (AvgIpc) is 3.30. The maximum Gasteiger partial charge on any atom is 0.0159 e. The number of fused-ring (bicyclic) bond motifs is 8. The predicted molar refractivity (Wildman–Crippen MR) is 135 cm³/mol. The minimum atomic E-state index is 0.0392. The lowest BCUT2D eigenvalue weighted by Gasteiger charge is -2.21. The number of hydrogen-bond donors (Lipinski definition) is 0. The van der Waals surface area contributed by atoms with Crippen LogP contribution in [0.2, 0.25) is 0 Å². The van der Waals surface area contributed by atoms with Crippen molar-refractivity contribution in [3.63, 3.8) is 0 Å². The molecule has 152 valence electrons. The summed E-state index contributed by atoms with van der Waals surface area (Å²) in [6, 6.07) is 36.3. The maximum atomic E-state index is 2.47. The van der Waals surface area contributed by atoms with Crippen LogP contribution in [0.4, 0.5) is 0 Å². The third kappa shape index (κ3) is 2.33. The molecular weight excluding hydrogens is 384 g/mol. The molecule has 0 nitrogen and oxygen atoms in total. The van der Waals surface area contributed by atoms with Crippen LogP contribution in [0, 0.1) is 0 Å². The van der Waals surface area contributed by atoms with Crippen LogP contribution in [0.3, 0.4) is 0 Å². The molecule has 0 spiro atoms. The third-order valence-corrected chi connectivity index (χ3v) is 7.67. The quantitative estimate of drug-likeness (QED) is 0.256. The molecule has 0 bridgehead atoms. The summed E-state index contributed by atoms with van der Waals surface area (Å²) in [7, 11) is 0. The summed E-state index contributed by atoms with van der Waals surface area (Å²) in [6.07, 6.45) is 1.02. The largest absolute Gasteiger partial charge is 0.0622 e. The zero-order valence-electron chi connectivity index (χ0n) is 18.4. The van der Waals surface area contributed by atoms with Crippen molar-refractivity contribution in [3.05, 3.63) is 119 Å². The fourth-order valence-corrected chi connectivity index (χ4v) is 6.02. The Balaban J connectivity index is 1.49. The summed E-state index contributed by atoms with van der Waals surface area (Å²) in [6.45, 7) is 4.72. The van der Waals surface area contributed by atoms with E-state index in [-0.39, 0.29) is 5.41 Å². The molecule has 2 aliphatic rings. The van der Waals surface area contributed by atoms with Gasteiger partial charge < -0.3 is 0 Å². The topological polar surface area (TPSA) is 0 Å². The average molecular weight is 409 g/mol. The van der Waals surface area contributed by atoms with E-state index < -0.39 is 0 Å². The molecule has 0 saturated carbocycles. The molecule has 0 heterocycles. The van der Waals surface area contributed by atoms with Gasteiger partial charge >= 0.3 is 0 Å². The van der Waals surface area contributed by atoms with Crippen molar-refractivity contribution in [2.45, 2.75) is 25.7 Å². The van der Waals surface area contributed by atoms with Crippen LogP contribution in [0.25, 0.3) is 44.2 Å². The van der Waals surface area contributed by atoms with Gasteiger partial charge in [-0.1, -0.05) is 98.8 Å². The summed E-state index contributed by atoms with van der Waals surface area (Å²) >= 11 is 0. The van der Waals surface area contributed by atoms with Crippen LogP contribution in [-0.4, -0.2) is 0 Å². The van der Waals surface area contributed by atoms with Gasteiger partial charge in [0.1, 0.15) is 0 Å². The Hall–Kier alpha value is -3.64. The molecule has 0 aliphatic heterocycles. The molecule has 0 N–H and O–H groups in total. The van der Waals surface area contributed by atoms with Crippen LogP contribution in [0.5, 0.6) is 0 Å². The van der Waals surface area contributed by atoms with Crippen molar-refractivity contribution in [1.29, 1.82) is 0 Å². The highest BCUT2D eigenvalue weighted by molar-refractivity contribution is 6.05. The number of rotatable bonds is 1. The van der Waals surface area contributed by atoms with Gasteiger partial charge in [-0.15, -0.1) is 0 Å². The third-order valence-electron chi connectivity index (χ3n) is 7.67. The van der Waals surface area contributed by atoms with E-state index >= 15 is 0 Å². The van der Waals surface area contributed by atoms with Gasteiger partial charge in [0.05, 0.1) is 0 Å². The van der Waals surface area contributed by atoms with Crippen LogP contribution >= 0.6 is 0 Å². The van der Waals surface area contributed by atoms with Crippen molar-refractivity contribution in [2.24, 2.45) is 0 Å². The molecule has 0 fully saturated rings. The Labute approximate surface area is 189 Å². The Morgan fingerprint density at radius 1 is 0.562 bits per heavy atom. The lowest BCUT2D eigenvalue weighted by Crippen LogP contribution is -2.14. The molecule has 0 heteroatoms. The zero-order chi connectivity index (χ0) is 21.4. The Morgan fingerprint density at radius 3 is 2.22 bits per heavy atom. The predicted octanol–water partition coefficient (Wildman–Crippen LogP) is 8.38. The smallest absolute Gasteiger partial charge is 0.0159 e. The van der Waals surface area contributed by atoms with Gasteiger partial charge in [0, 0.05) is 5.41 Å². The highest BCUT2D eigenvalue weighted by Crippen LogP contribution is 2.52. The molecule has 0 unspecified atom stereocenters. The molecule has 32 heavy (non-hydrogen) atoms. The molecule has 2 aliphatic carbocycles. The first-order valence-corrected chi connectivity index (χ1v) is 11.5. The van der Waals surface area contributed by atoms with Crippen molar-refractivity contribution >= 4 is 10.8 Å². The summed E-state index contributed by atoms with van der Waals surface area (Å²) in [5.74, 6) is 0. The van der Waals surface area contributed by atoms with E-state index in [1.165, 1.54) is 66.4 Å². The van der Waals surface area contributed by atoms with E-state index in [1.807, 2.05) is 0 Å². The first-order valence-electron chi connectivity index (χ1n) is 11.5. The maximum absolute atomic E-state index is 2.47. The molecule has 0 amide bonds. The lowest BCUT2D eigenvalue weighted by atomic mass is 9.82. The second-order valence-electron chi connectivity index (χ2n) is 9.80. The molecular formula is C32H24. The summed E-state index contributed by atoms with van der Waals surface area (Å²) in [4.78, 5) is 0. The summed E-state index contributed by atoms with van der Waals surface area (Å²) in [5.41, 5.74) is 14.0. The van der Waals surface area contributed by atoms with E-state index in [0.717, 1.165) is 6.42 Å². The van der Waals surface area contributed by atoms with Gasteiger partial charge in [-0.3, -0.25) is 0 Å². The highest BCUT2D eigenvalue weighted by atomic mass is 14.4. The normalized spacial score (nSPS) is 14.7.